The average molecular weight is 483 g/mol. The van der Waals surface area contributed by atoms with Crippen molar-refractivity contribution in [2.75, 3.05) is 58.9 Å². The molecule has 8 nitrogen and oxygen atoms in total. The minimum Gasteiger partial charge on any atom is -0.395 e. The first-order valence-corrected chi connectivity index (χ1v) is 13.3. The molecule has 2 aliphatic heterocycles. The summed E-state index contributed by atoms with van der Waals surface area (Å²) in [4.78, 5) is 24.6. The maximum Gasteiger partial charge on any atom is 0.258 e. The molecular weight excluding hydrogens is 448 g/mol. The van der Waals surface area contributed by atoms with Gasteiger partial charge in [0.2, 0.25) is 5.95 Å². The van der Waals surface area contributed by atoms with E-state index in [0.29, 0.717) is 34.4 Å². The number of nitrogens with zero attached hydrogens (tertiary/aromatic N) is 4. The first kappa shape index (κ1) is 23.2. The van der Waals surface area contributed by atoms with Crippen LogP contribution in [0.4, 0.5) is 23.1 Å². The number of fused-ring (bicyclic) bond motifs is 7. The summed E-state index contributed by atoms with van der Waals surface area (Å²) in [5, 5.41) is 15.5. The van der Waals surface area contributed by atoms with Crippen LogP contribution in [0.15, 0.2) is 30.5 Å². The Morgan fingerprint density at radius 2 is 2.15 bits per heavy atom. The van der Waals surface area contributed by atoms with Crippen molar-refractivity contribution in [2.45, 2.75) is 38.5 Å². The summed E-state index contributed by atoms with van der Waals surface area (Å²) in [6, 6.07) is 7.76. The first-order chi connectivity index (χ1) is 16.6. The third-order valence-electron chi connectivity index (χ3n) is 7.54. The van der Waals surface area contributed by atoms with E-state index in [1.165, 1.54) is 32.1 Å². The standard InChI is InChI=1S/C25H34N6O2S/c1-30(34-15-14-32)19-5-6-20-21(16-19)31-13-10-25(8-9-25)18(17-31)4-2-3-11-26-24-27-12-7-22(29-24)28-23(20)33/h5-7,12,16,18,32H,2-4,8-11,13-15,17H2,1H3,(H2,26,27,28,29,33)/t18-/m1/s1. The van der Waals surface area contributed by atoms with Gasteiger partial charge in [0.1, 0.15) is 5.82 Å². The molecule has 0 radical (unpaired) electrons. The summed E-state index contributed by atoms with van der Waals surface area (Å²) < 4.78 is 2.07. The number of hydrogen-bond acceptors (Lipinski definition) is 8. The van der Waals surface area contributed by atoms with Gasteiger partial charge in [0.05, 0.1) is 17.9 Å². The second-order valence-corrected chi connectivity index (χ2v) is 10.9. The number of anilines is 4. The van der Waals surface area contributed by atoms with Crippen molar-refractivity contribution in [3.05, 3.63) is 36.0 Å². The lowest BCUT2D eigenvalue weighted by Gasteiger charge is -2.41. The van der Waals surface area contributed by atoms with Crippen molar-refractivity contribution in [1.82, 2.24) is 9.97 Å². The predicted molar refractivity (Wildman–Crippen MR) is 139 cm³/mol. The quantitative estimate of drug-likeness (QED) is 0.563. The molecule has 1 saturated heterocycles. The number of carbonyl (C=O) groups is 1. The molecular formula is C25H34N6O2S. The van der Waals surface area contributed by atoms with Gasteiger partial charge in [0, 0.05) is 44.3 Å². The highest BCUT2D eigenvalue weighted by Gasteiger charge is 2.51. The van der Waals surface area contributed by atoms with Gasteiger partial charge in [0.15, 0.2) is 0 Å². The molecule has 9 heteroatoms. The van der Waals surface area contributed by atoms with E-state index < -0.39 is 0 Å². The van der Waals surface area contributed by atoms with Crippen LogP contribution < -0.4 is 19.8 Å². The van der Waals surface area contributed by atoms with Gasteiger partial charge in [-0.3, -0.25) is 4.79 Å². The van der Waals surface area contributed by atoms with Gasteiger partial charge >= 0.3 is 0 Å². The van der Waals surface area contributed by atoms with Crippen molar-refractivity contribution < 1.29 is 9.90 Å². The van der Waals surface area contributed by atoms with E-state index in [2.05, 4.69) is 35.9 Å². The largest absolute Gasteiger partial charge is 0.395 e. The molecule has 1 aliphatic carbocycles. The van der Waals surface area contributed by atoms with Crippen LogP contribution in [0.1, 0.15) is 48.9 Å². The van der Waals surface area contributed by atoms with Crippen molar-refractivity contribution >= 4 is 41.0 Å². The zero-order valence-corrected chi connectivity index (χ0v) is 20.6. The molecule has 2 fully saturated rings. The van der Waals surface area contributed by atoms with Gasteiger partial charge in [-0.05, 0) is 79.7 Å². The SMILES string of the molecule is CN(SCCO)c1ccc2c(c1)N1CCC3(CC3)[C@H](CCCCNc3nccc(n3)NC2=O)C1. The summed E-state index contributed by atoms with van der Waals surface area (Å²) in [5.41, 5.74) is 3.19. The molecule has 3 N–H and O–H groups in total. The molecule has 1 amide bonds. The minimum absolute atomic E-state index is 0.133. The van der Waals surface area contributed by atoms with E-state index in [4.69, 9.17) is 0 Å². The second kappa shape index (κ2) is 10.00. The number of aromatic nitrogens is 2. The normalized spacial score (nSPS) is 21.5. The molecule has 0 unspecified atom stereocenters. The highest BCUT2D eigenvalue weighted by atomic mass is 32.2. The molecule has 1 aromatic carbocycles. The van der Waals surface area contributed by atoms with Gasteiger partial charge in [-0.2, -0.15) is 4.98 Å². The van der Waals surface area contributed by atoms with E-state index in [1.54, 1.807) is 24.2 Å². The Balaban J connectivity index is 1.50. The zero-order chi connectivity index (χ0) is 23.5. The van der Waals surface area contributed by atoms with Crippen molar-refractivity contribution in [2.24, 2.45) is 11.3 Å². The van der Waals surface area contributed by atoms with Gasteiger partial charge in [-0.1, -0.05) is 6.42 Å². The smallest absolute Gasteiger partial charge is 0.258 e. The van der Waals surface area contributed by atoms with Crippen LogP contribution in [0.2, 0.25) is 0 Å². The fourth-order valence-corrected chi connectivity index (χ4v) is 6.00. The monoisotopic (exact) mass is 482 g/mol. The molecule has 2 aromatic rings. The van der Waals surface area contributed by atoms with Crippen LogP contribution in [0.25, 0.3) is 0 Å². The number of aliphatic hydroxyl groups excluding tert-OH is 1. The number of amides is 1. The molecule has 34 heavy (non-hydrogen) atoms. The molecule has 1 atom stereocenters. The summed E-state index contributed by atoms with van der Waals surface area (Å²) in [7, 11) is 2.00. The van der Waals surface area contributed by atoms with Gasteiger partial charge in [-0.25, -0.2) is 4.98 Å². The Kier molecular flexibility index (Phi) is 6.83. The van der Waals surface area contributed by atoms with E-state index in [1.807, 2.05) is 19.2 Å². The molecule has 4 bridgehead atoms. The summed E-state index contributed by atoms with van der Waals surface area (Å²) >= 11 is 1.57. The summed E-state index contributed by atoms with van der Waals surface area (Å²) in [6.45, 7) is 2.95. The lowest BCUT2D eigenvalue weighted by molar-refractivity contribution is 0.102. The molecule has 3 aliphatic rings. The minimum atomic E-state index is -0.157. The lowest BCUT2D eigenvalue weighted by atomic mass is 9.79. The predicted octanol–water partition coefficient (Wildman–Crippen LogP) is 4.01. The summed E-state index contributed by atoms with van der Waals surface area (Å²) in [5.74, 6) is 2.18. The Hall–Kier alpha value is -2.52. The van der Waals surface area contributed by atoms with Crippen LogP contribution in [-0.4, -0.2) is 60.0 Å². The van der Waals surface area contributed by atoms with Gasteiger partial charge < -0.3 is 24.9 Å². The molecule has 3 heterocycles. The van der Waals surface area contributed by atoms with E-state index in [-0.39, 0.29) is 12.5 Å². The average Bonchev–Trinajstić information content (AvgIpc) is 3.63. The number of aliphatic hydroxyl groups is 1. The first-order valence-electron chi connectivity index (χ1n) is 12.3. The van der Waals surface area contributed by atoms with Crippen molar-refractivity contribution in [1.29, 1.82) is 0 Å². The van der Waals surface area contributed by atoms with Gasteiger partial charge in [0.25, 0.3) is 5.91 Å². The van der Waals surface area contributed by atoms with Crippen LogP contribution in [0, 0.1) is 11.3 Å². The lowest BCUT2D eigenvalue weighted by Crippen LogP contribution is -2.42. The second-order valence-electron chi connectivity index (χ2n) is 9.65. The van der Waals surface area contributed by atoms with E-state index in [0.717, 1.165) is 37.4 Å². The van der Waals surface area contributed by atoms with E-state index >= 15 is 0 Å². The van der Waals surface area contributed by atoms with Crippen LogP contribution >= 0.6 is 11.9 Å². The third kappa shape index (κ3) is 4.95. The van der Waals surface area contributed by atoms with Crippen LogP contribution in [0.3, 0.4) is 0 Å². The Bertz CT molecular complexity index is 1030. The Labute approximate surface area is 205 Å². The summed E-state index contributed by atoms with van der Waals surface area (Å²) in [6.07, 6.45) is 9.04. The van der Waals surface area contributed by atoms with Crippen molar-refractivity contribution in [3.8, 4) is 0 Å². The van der Waals surface area contributed by atoms with Crippen LogP contribution in [0.5, 0.6) is 0 Å². The highest BCUT2D eigenvalue weighted by Crippen LogP contribution is 2.58. The maximum atomic E-state index is 13.4. The Morgan fingerprint density at radius 3 is 2.97 bits per heavy atom. The molecule has 1 spiro atoms. The number of piperidine rings is 1. The van der Waals surface area contributed by atoms with E-state index in [9.17, 15) is 9.90 Å². The number of hydrogen-bond donors (Lipinski definition) is 3. The molecule has 1 aromatic heterocycles. The van der Waals surface area contributed by atoms with Crippen LogP contribution in [-0.2, 0) is 0 Å². The molecule has 5 rings (SSSR count). The van der Waals surface area contributed by atoms with Crippen molar-refractivity contribution in [3.63, 3.8) is 0 Å². The Morgan fingerprint density at radius 1 is 1.26 bits per heavy atom. The molecule has 1 saturated carbocycles. The number of nitrogens with one attached hydrogen (secondary N) is 2. The number of carbonyl (C=O) groups excluding carboxylic acids is 1. The highest BCUT2D eigenvalue weighted by molar-refractivity contribution is 8.00. The number of benzene rings is 1. The number of rotatable bonds is 4. The third-order valence-corrected chi connectivity index (χ3v) is 8.51. The molecule has 182 valence electrons. The zero-order valence-electron chi connectivity index (χ0n) is 19.8. The fraction of sp³-hybridized carbons (Fsp3) is 0.560. The topological polar surface area (TPSA) is 93.6 Å². The fourth-order valence-electron chi connectivity index (χ4n) is 5.38. The van der Waals surface area contributed by atoms with Gasteiger partial charge in [-0.15, -0.1) is 0 Å². The maximum absolute atomic E-state index is 13.4.